The van der Waals surface area contributed by atoms with E-state index >= 15 is 0 Å². The van der Waals surface area contributed by atoms with Crippen molar-refractivity contribution in [2.75, 3.05) is 12.4 Å². The fourth-order valence-corrected chi connectivity index (χ4v) is 2.04. The zero-order chi connectivity index (χ0) is 15.9. The predicted octanol–water partition coefficient (Wildman–Crippen LogP) is 2.31. The van der Waals surface area contributed by atoms with E-state index in [2.05, 4.69) is 10.6 Å². The molecule has 1 amide bonds. The number of nitrogens with one attached hydrogen (secondary N) is 2. The molecule has 6 heteroatoms. The van der Waals surface area contributed by atoms with Crippen LogP contribution >= 0.6 is 12.2 Å². The molecule has 2 aromatic carbocycles. The maximum Gasteiger partial charge on any atom is 0.257 e. The van der Waals surface area contributed by atoms with Crippen LogP contribution in [0.5, 0.6) is 5.75 Å². The monoisotopic (exact) mass is 316 g/mol. The predicted molar refractivity (Wildman–Crippen MR) is 89.0 cm³/mol. The third-order valence-electron chi connectivity index (χ3n) is 2.95. The van der Waals surface area contributed by atoms with Crippen molar-refractivity contribution in [3.05, 3.63) is 59.7 Å². The van der Waals surface area contributed by atoms with Crippen molar-refractivity contribution in [3.63, 3.8) is 0 Å². The van der Waals surface area contributed by atoms with Crippen LogP contribution in [0.15, 0.2) is 48.5 Å². The molecule has 0 saturated carbocycles. The number of aliphatic hydroxyl groups is 1. The van der Waals surface area contributed by atoms with E-state index in [0.29, 0.717) is 17.0 Å². The van der Waals surface area contributed by atoms with Gasteiger partial charge < -0.3 is 15.2 Å². The molecule has 2 rings (SSSR count). The van der Waals surface area contributed by atoms with Gasteiger partial charge in [0.15, 0.2) is 5.11 Å². The number of ether oxygens (including phenoxy) is 1. The minimum absolute atomic E-state index is 0.0551. The number of hydrogen-bond donors (Lipinski definition) is 3. The lowest BCUT2D eigenvalue weighted by molar-refractivity contribution is 0.0977. The van der Waals surface area contributed by atoms with Crippen molar-refractivity contribution >= 4 is 28.9 Å². The van der Waals surface area contributed by atoms with E-state index in [1.807, 2.05) is 0 Å². The van der Waals surface area contributed by atoms with Crippen molar-refractivity contribution in [3.8, 4) is 5.75 Å². The highest BCUT2D eigenvalue weighted by molar-refractivity contribution is 7.80. The van der Waals surface area contributed by atoms with Gasteiger partial charge >= 0.3 is 0 Å². The highest BCUT2D eigenvalue weighted by Crippen LogP contribution is 2.12. The van der Waals surface area contributed by atoms with E-state index in [9.17, 15) is 4.79 Å². The second kappa shape index (κ2) is 7.53. The summed E-state index contributed by atoms with van der Waals surface area (Å²) in [5.74, 6) is 0.372. The summed E-state index contributed by atoms with van der Waals surface area (Å²) in [5.41, 5.74) is 1.94. The second-order valence-corrected chi connectivity index (χ2v) is 4.90. The van der Waals surface area contributed by atoms with Crippen LogP contribution in [-0.4, -0.2) is 23.2 Å². The van der Waals surface area contributed by atoms with Crippen molar-refractivity contribution in [1.82, 2.24) is 5.32 Å². The first-order valence-corrected chi connectivity index (χ1v) is 6.99. The molecule has 22 heavy (non-hydrogen) atoms. The molecule has 0 aliphatic heterocycles. The molecule has 2 aromatic rings. The minimum Gasteiger partial charge on any atom is -0.497 e. The van der Waals surface area contributed by atoms with Gasteiger partial charge in [0, 0.05) is 11.3 Å². The maximum absolute atomic E-state index is 12.0. The molecule has 0 unspecified atom stereocenters. The molecule has 5 nitrogen and oxygen atoms in total. The molecular formula is C16H16N2O3S. The Morgan fingerprint density at radius 3 is 2.59 bits per heavy atom. The number of rotatable bonds is 4. The first-order chi connectivity index (χ1) is 10.6. The first kappa shape index (κ1) is 15.9. The lowest BCUT2D eigenvalue weighted by atomic mass is 10.2. The summed E-state index contributed by atoms with van der Waals surface area (Å²) >= 11 is 5.11. The number of aliphatic hydroxyl groups excluding tert-OH is 1. The van der Waals surface area contributed by atoms with E-state index in [1.165, 1.54) is 0 Å². The molecule has 0 aliphatic carbocycles. The highest BCUT2D eigenvalue weighted by Gasteiger charge is 2.08. The average molecular weight is 316 g/mol. The first-order valence-electron chi connectivity index (χ1n) is 6.58. The van der Waals surface area contributed by atoms with Crippen molar-refractivity contribution in [2.24, 2.45) is 0 Å². The summed E-state index contributed by atoms with van der Waals surface area (Å²) in [5, 5.41) is 14.8. The summed E-state index contributed by atoms with van der Waals surface area (Å²) in [4.78, 5) is 12.0. The Kier molecular flexibility index (Phi) is 5.46. The Morgan fingerprint density at radius 1 is 1.23 bits per heavy atom. The van der Waals surface area contributed by atoms with Crippen LogP contribution in [0.1, 0.15) is 15.9 Å². The zero-order valence-corrected chi connectivity index (χ0v) is 12.8. The molecule has 0 aliphatic rings. The molecule has 0 fully saturated rings. The third-order valence-corrected chi connectivity index (χ3v) is 3.15. The smallest absolute Gasteiger partial charge is 0.257 e. The van der Waals surface area contributed by atoms with Crippen LogP contribution in [0.25, 0.3) is 0 Å². The molecule has 0 saturated heterocycles. The van der Waals surface area contributed by atoms with E-state index in [-0.39, 0.29) is 17.6 Å². The van der Waals surface area contributed by atoms with Gasteiger partial charge in [-0.2, -0.15) is 0 Å². The maximum atomic E-state index is 12.0. The summed E-state index contributed by atoms with van der Waals surface area (Å²) in [7, 11) is 1.56. The van der Waals surface area contributed by atoms with E-state index in [1.54, 1.807) is 55.6 Å². The molecule has 0 spiro atoms. The van der Waals surface area contributed by atoms with Gasteiger partial charge in [-0.1, -0.05) is 12.1 Å². The quantitative estimate of drug-likeness (QED) is 0.755. The normalized spacial score (nSPS) is 9.91. The van der Waals surface area contributed by atoms with E-state index in [0.717, 1.165) is 5.56 Å². The van der Waals surface area contributed by atoms with Gasteiger partial charge in [0.05, 0.1) is 13.7 Å². The van der Waals surface area contributed by atoms with Crippen LogP contribution in [0.2, 0.25) is 0 Å². The highest BCUT2D eigenvalue weighted by atomic mass is 32.1. The number of thiocarbonyl (C=S) groups is 1. The van der Waals surface area contributed by atoms with Crippen molar-refractivity contribution in [2.45, 2.75) is 6.61 Å². The Bertz CT molecular complexity index is 671. The number of carbonyl (C=O) groups is 1. The van der Waals surface area contributed by atoms with E-state index in [4.69, 9.17) is 22.1 Å². The molecule has 0 bridgehead atoms. The fraction of sp³-hybridized carbons (Fsp3) is 0.125. The van der Waals surface area contributed by atoms with Gasteiger partial charge in [0.25, 0.3) is 5.91 Å². The number of amides is 1. The van der Waals surface area contributed by atoms with Crippen LogP contribution in [0.4, 0.5) is 5.69 Å². The fourth-order valence-electron chi connectivity index (χ4n) is 1.83. The Labute approximate surface area is 133 Å². The Hall–Kier alpha value is -2.44. The van der Waals surface area contributed by atoms with Gasteiger partial charge in [0.1, 0.15) is 5.75 Å². The van der Waals surface area contributed by atoms with Crippen LogP contribution in [0, 0.1) is 0 Å². The number of hydrogen-bond acceptors (Lipinski definition) is 4. The van der Waals surface area contributed by atoms with Gasteiger partial charge in [-0.05, 0) is 54.2 Å². The van der Waals surface area contributed by atoms with Crippen LogP contribution in [-0.2, 0) is 6.61 Å². The number of benzene rings is 2. The van der Waals surface area contributed by atoms with Crippen LogP contribution < -0.4 is 15.4 Å². The standard InChI is InChI=1S/C16H16N2O3S/c1-21-14-7-5-12(6-8-14)15(20)18-16(22)17-13-4-2-3-11(9-13)10-19/h2-9,19H,10H2,1H3,(H2,17,18,20,22). The van der Waals surface area contributed by atoms with Gasteiger partial charge in [-0.3, -0.25) is 10.1 Å². The molecule has 114 valence electrons. The molecule has 0 heterocycles. The topological polar surface area (TPSA) is 70.6 Å². The Balaban J connectivity index is 1.96. The largest absolute Gasteiger partial charge is 0.497 e. The minimum atomic E-state index is -0.307. The molecule has 0 aromatic heterocycles. The lowest BCUT2D eigenvalue weighted by Crippen LogP contribution is -2.34. The lowest BCUT2D eigenvalue weighted by Gasteiger charge is -2.10. The molecule has 0 radical (unpaired) electrons. The number of carbonyl (C=O) groups excluding carboxylic acids is 1. The van der Waals surface area contributed by atoms with Crippen molar-refractivity contribution in [1.29, 1.82) is 0 Å². The number of methoxy groups -OCH3 is 1. The summed E-state index contributed by atoms with van der Waals surface area (Å²) in [6, 6.07) is 13.9. The van der Waals surface area contributed by atoms with Crippen LogP contribution in [0.3, 0.4) is 0 Å². The summed E-state index contributed by atoms with van der Waals surface area (Å²) in [6.07, 6.45) is 0. The molecule has 3 N–H and O–H groups in total. The summed E-state index contributed by atoms with van der Waals surface area (Å²) < 4.78 is 5.04. The van der Waals surface area contributed by atoms with Crippen molar-refractivity contribution < 1.29 is 14.6 Å². The molecule has 0 atom stereocenters. The third kappa shape index (κ3) is 4.28. The van der Waals surface area contributed by atoms with Gasteiger partial charge in [0.2, 0.25) is 0 Å². The average Bonchev–Trinajstić information content (AvgIpc) is 2.55. The second-order valence-electron chi connectivity index (χ2n) is 4.50. The summed E-state index contributed by atoms with van der Waals surface area (Å²) in [6.45, 7) is -0.0551. The zero-order valence-electron chi connectivity index (χ0n) is 12.0. The molecular weight excluding hydrogens is 300 g/mol. The SMILES string of the molecule is COc1ccc(C(=O)NC(=S)Nc2cccc(CO)c2)cc1. The van der Waals surface area contributed by atoms with E-state index < -0.39 is 0 Å². The Morgan fingerprint density at radius 2 is 1.95 bits per heavy atom. The van der Waals surface area contributed by atoms with Gasteiger partial charge in [-0.25, -0.2) is 0 Å². The van der Waals surface area contributed by atoms with Gasteiger partial charge in [-0.15, -0.1) is 0 Å². The number of anilines is 1.